The SMILES string of the molecule is O=C1Cc2cc(-c3cn4cc(C(=O)O)ccc4n3)ccc2N1. The maximum absolute atomic E-state index is 11.4. The van der Waals surface area contributed by atoms with Crippen LogP contribution in [-0.2, 0) is 11.2 Å². The Balaban J connectivity index is 1.80. The Bertz CT molecular complexity index is 943. The molecular formula is C16H11N3O3. The van der Waals surface area contributed by atoms with Crippen LogP contribution in [0, 0.1) is 0 Å². The number of carboxylic acid groups (broad SMARTS) is 1. The second-order valence-corrected chi connectivity index (χ2v) is 5.21. The predicted octanol–water partition coefficient (Wildman–Crippen LogP) is 2.19. The normalized spacial score (nSPS) is 13.2. The molecule has 1 amide bonds. The number of imidazole rings is 1. The average Bonchev–Trinajstić information content (AvgIpc) is 3.07. The van der Waals surface area contributed by atoms with Crippen molar-refractivity contribution in [1.82, 2.24) is 9.38 Å². The molecule has 0 atom stereocenters. The number of anilines is 1. The van der Waals surface area contributed by atoms with Crippen molar-refractivity contribution < 1.29 is 14.7 Å². The summed E-state index contributed by atoms with van der Waals surface area (Å²) < 4.78 is 1.69. The maximum atomic E-state index is 11.4. The number of fused-ring (bicyclic) bond motifs is 2. The van der Waals surface area contributed by atoms with Gasteiger partial charge in [0.25, 0.3) is 0 Å². The first-order valence-corrected chi connectivity index (χ1v) is 6.75. The highest BCUT2D eigenvalue weighted by atomic mass is 16.4. The first-order valence-electron chi connectivity index (χ1n) is 6.75. The first-order chi connectivity index (χ1) is 10.6. The van der Waals surface area contributed by atoms with E-state index in [1.54, 1.807) is 16.7 Å². The molecule has 6 nitrogen and oxygen atoms in total. The number of rotatable bonds is 2. The summed E-state index contributed by atoms with van der Waals surface area (Å²) in [6.07, 6.45) is 3.69. The summed E-state index contributed by atoms with van der Waals surface area (Å²) in [4.78, 5) is 26.9. The Labute approximate surface area is 125 Å². The molecular weight excluding hydrogens is 282 g/mol. The van der Waals surface area contributed by atoms with E-state index in [0.717, 1.165) is 22.5 Å². The van der Waals surface area contributed by atoms with Gasteiger partial charge in [-0.25, -0.2) is 9.78 Å². The van der Waals surface area contributed by atoms with Crippen molar-refractivity contribution in [2.75, 3.05) is 5.32 Å². The van der Waals surface area contributed by atoms with Crippen LogP contribution in [0.5, 0.6) is 0 Å². The van der Waals surface area contributed by atoms with E-state index in [1.807, 2.05) is 18.2 Å². The minimum Gasteiger partial charge on any atom is -0.478 e. The van der Waals surface area contributed by atoms with E-state index in [0.29, 0.717) is 12.1 Å². The number of hydrogen-bond acceptors (Lipinski definition) is 3. The zero-order valence-electron chi connectivity index (χ0n) is 11.4. The van der Waals surface area contributed by atoms with Crippen molar-refractivity contribution in [2.45, 2.75) is 6.42 Å². The van der Waals surface area contributed by atoms with Gasteiger partial charge in [0.15, 0.2) is 0 Å². The molecule has 0 radical (unpaired) electrons. The molecule has 0 unspecified atom stereocenters. The lowest BCUT2D eigenvalue weighted by Gasteiger charge is -2.00. The summed E-state index contributed by atoms with van der Waals surface area (Å²) >= 11 is 0. The summed E-state index contributed by atoms with van der Waals surface area (Å²) in [5.74, 6) is -0.979. The number of pyridine rings is 1. The summed E-state index contributed by atoms with van der Waals surface area (Å²) in [6, 6.07) is 8.89. The quantitative estimate of drug-likeness (QED) is 0.758. The number of nitrogens with one attached hydrogen (secondary N) is 1. The van der Waals surface area contributed by atoms with E-state index in [9.17, 15) is 9.59 Å². The number of carbonyl (C=O) groups excluding carboxylic acids is 1. The van der Waals surface area contributed by atoms with Crippen molar-refractivity contribution in [1.29, 1.82) is 0 Å². The number of hydrogen-bond donors (Lipinski definition) is 2. The van der Waals surface area contributed by atoms with Gasteiger partial charge in [-0.2, -0.15) is 0 Å². The zero-order chi connectivity index (χ0) is 15.3. The topological polar surface area (TPSA) is 83.7 Å². The van der Waals surface area contributed by atoms with E-state index in [-0.39, 0.29) is 11.5 Å². The Hall–Kier alpha value is -3.15. The molecule has 1 aromatic carbocycles. The lowest BCUT2D eigenvalue weighted by molar-refractivity contribution is -0.115. The van der Waals surface area contributed by atoms with Crippen LogP contribution in [0.4, 0.5) is 5.69 Å². The Morgan fingerprint density at radius 2 is 2.09 bits per heavy atom. The molecule has 3 heterocycles. The smallest absolute Gasteiger partial charge is 0.337 e. The second kappa shape index (κ2) is 4.42. The minimum atomic E-state index is -0.973. The van der Waals surface area contributed by atoms with Crippen LogP contribution in [0.2, 0.25) is 0 Å². The second-order valence-electron chi connectivity index (χ2n) is 5.21. The third kappa shape index (κ3) is 1.93. The van der Waals surface area contributed by atoms with Gasteiger partial charge in [0.2, 0.25) is 5.91 Å². The lowest BCUT2D eigenvalue weighted by Crippen LogP contribution is -2.03. The van der Waals surface area contributed by atoms with Crippen LogP contribution in [0.1, 0.15) is 15.9 Å². The fourth-order valence-corrected chi connectivity index (χ4v) is 2.65. The summed E-state index contributed by atoms with van der Waals surface area (Å²) in [7, 11) is 0. The van der Waals surface area contributed by atoms with Crippen molar-refractivity contribution in [3.63, 3.8) is 0 Å². The van der Waals surface area contributed by atoms with E-state index in [1.165, 1.54) is 12.3 Å². The van der Waals surface area contributed by atoms with Gasteiger partial charge in [-0.15, -0.1) is 0 Å². The maximum Gasteiger partial charge on any atom is 0.337 e. The fourth-order valence-electron chi connectivity index (χ4n) is 2.65. The molecule has 0 spiro atoms. The van der Waals surface area contributed by atoms with Crippen LogP contribution < -0.4 is 5.32 Å². The Morgan fingerprint density at radius 1 is 1.23 bits per heavy atom. The van der Waals surface area contributed by atoms with Gasteiger partial charge in [0, 0.05) is 23.6 Å². The van der Waals surface area contributed by atoms with E-state index in [2.05, 4.69) is 10.3 Å². The van der Waals surface area contributed by atoms with Gasteiger partial charge in [0.05, 0.1) is 17.7 Å². The number of carboxylic acids is 1. The van der Waals surface area contributed by atoms with Crippen molar-refractivity contribution in [3.05, 3.63) is 53.9 Å². The highest BCUT2D eigenvalue weighted by molar-refractivity contribution is 5.99. The Kier molecular flexibility index (Phi) is 2.53. The van der Waals surface area contributed by atoms with Crippen molar-refractivity contribution in [2.24, 2.45) is 0 Å². The molecule has 4 rings (SSSR count). The molecule has 1 aliphatic rings. The van der Waals surface area contributed by atoms with Gasteiger partial charge < -0.3 is 14.8 Å². The number of carbonyl (C=O) groups is 2. The predicted molar refractivity (Wildman–Crippen MR) is 79.9 cm³/mol. The molecule has 0 fully saturated rings. The average molecular weight is 293 g/mol. The molecule has 2 N–H and O–H groups in total. The molecule has 0 aliphatic carbocycles. The standard InChI is InChI=1S/C16H11N3O3/c20-15-6-11-5-9(1-3-12(11)18-15)13-8-19-7-10(16(21)22)2-4-14(19)17-13/h1-5,7-8H,6H2,(H,18,20)(H,21,22). The molecule has 0 saturated heterocycles. The van der Waals surface area contributed by atoms with Gasteiger partial charge in [-0.05, 0) is 29.8 Å². The van der Waals surface area contributed by atoms with Crippen molar-refractivity contribution >= 4 is 23.2 Å². The van der Waals surface area contributed by atoms with Gasteiger partial charge in [0.1, 0.15) is 5.65 Å². The summed E-state index contributed by atoms with van der Waals surface area (Å²) in [5.41, 5.74) is 4.31. The highest BCUT2D eigenvalue weighted by Gasteiger charge is 2.18. The number of aromatic carboxylic acids is 1. The zero-order valence-corrected chi connectivity index (χ0v) is 11.4. The molecule has 0 bridgehead atoms. The molecule has 6 heteroatoms. The molecule has 22 heavy (non-hydrogen) atoms. The monoisotopic (exact) mass is 293 g/mol. The third-order valence-corrected chi connectivity index (χ3v) is 3.72. The molecule has 0 saturated carbocycles. The molecule has 3 aromatic rings. The van der Waals surface area contributed by atoms with Crippen molar-refractivity contribution in [3.8, 4) is 11.3 Å². The van der Waals surface area contributed by atoms with Crippen LogP contribution in [-0.4, -0.2) is 26.4 Å². The minimum absolute atomic E-state index is 0.00625. The first kappa shape index (κ1) is 12.6. The van der Waals surface area contributed by atoms with Gasteiger partial charge in [-0.1, -0.05) is 6.07 Å². The lowest BCUT2D eigenvalue weighted by atomic mass is 10.1. The number of aromatic nitrogens is 2. The molecule has 1 aliphatic heterocycles. The van der Waals surface area contributed by atoms with Crippen LogP contribution in [0.3, 0.4) is 0 Å². The highest BCUT2D eigenvalue weighted by Crippen LogP contribution is 2.28. The number of benzene rings is 1. The van der Waals surface area contributed by atoms with Crippen LogP contribution in [0.15, 0.2) is 42.7 Å². The van der Waals surface area contributed by atoms with E-state index < -0.39 is 5.97 Å². The number of amides is 1. The molecule has 108 valence electrons. The third-order valence-electron chi connectivity index (χ3n) is 3.72. The fraction of sp³-hybridized carbons (Fsp3) is 0.0625. The summed E-state index contributed by atoms with van der Waals surface area (Å²) in [6.45, 7) is 0. The van der Waals surface area contributed by atoms with E-state index >= 15 is 0 Å². The van der Waals surface area contributed by atoms with Gasteiger partial charge >= 0.3 is 5.97 Å². The number of nitrogens with zero attached hydrogens (tertiary/aromatic N) is 2. The van der Waals surface area contributed by atoms with Gasteiger partial charge in [-0.3, -0.25) is 4.79 Å². The Morgan fingerprint density at radius 3 is 2.91 bits per heavy atom. The van der Waals surface area contributed by atoms with Crippen LogP contribution in [0.25, 0.3) is 16.9 Å². The van der Waals surface area contributed by atoms with E-state index in [4.69, 9.17) is 5.11 Å². The van der Waals surface area contributed by atoms with Crippen LogP contribution >= 0.6 is 0 Å². The largest absolute Gasteiger partial charge is 0.478 e. The summed E-state index contributed by atoms with van der Waals surface area (Å²) in [5, 5.41) is 11.8. The molecule has 2 aromatic heterocycles.